The van der Waals surface area contributed by atoms with Crippen molar-refractivity contribution in [2.75, 3.05) is 19.3 Å². The van der Waals surface area contributed by atoms with Crippen LogP contribution >= 0.6 is 0 Å². The lowest BCUT2D eigenvalue weighted by atomic mass is 10.0. The lowest BCUT2D eigenvalue weighted by Crippen LogP contribution is -2.27. The van der Waals surface area contributed by atoms with Gasteiger partial charge in [0.1, 0.15) is 11.4 Å². The molecule has 3 heterocycles. The number of hydrogen-bond donors (Lipinski definition) is 1. The predicted molar refractivity (Wildman–Crippen MR) is 82.6 cm³/mol. The van der Waals surface area contributed by atoms with Crippen LogP contribution in [-0.2, 0) is 16.4 Å². The van der Waals surface area contributed by atoms with Crippen LogP contribution < -0.4 is 0 Å². The van der Waals surface area contributed by atoms with E-state index in [4.69, 9.17) is 0 Å². The minimum absolute atomic E-state index is 0.269. The molecule has 3 rings (SSSR count). The molecule has 2 aromatic rings. The molecule has 22 heavy (non-hydrogen) atoms. The standard InChI is InChI=1S/C14H19N5O2S/c1-10-7-13(18-17-10)14-12(15-4-5-16-14)8-11-3-6-19(9-11)22(2,20)21/h4-5,7,11H,3,6,8-9H2,1-2H3,(H,17,18)/t11-/m0/s1. The van der Waals surface area contributed by atoms with Gasteiger partial charge in [-0.25, -0.2) is 12.7 Å². The van der Waals surface area contributed by atoms with E-state index in [2.05, 4.69) is 20.2 Å². The molecule has 1 aliphatic heterocycles. The number of hydrogen-bond acceptors (Lipinski definition) is 5. The summed E-state index contributed by atoms with van der Waals surface area (Å²) in [5, 5.41) is 7.15. The number of nitrogens with zero attached hydrogens (tertiary/aromatic N) is 4. The van der Waals surface area contributed by atoms with Crippen LogP contribution in [0.1, 0.15) is 17.8 Å². The minimum Gasteiger partial charge on any atom is -0.282 e. The first-order chi connectivity index (χ1) is 10.4. The first kappa shape index (κ1) is 15.1. The fraction of sp³-hybridized carbons (Fsp3) is 0.500. The van der Waals surface area contributed by atoms with Crippen molar-refractivity contribution in [1.82, 2.24) is 24.5 Å². The van der Waals surface area contributed by atoms with E-state index in [-0.39, 0.29) is 5.92 Å². The average Bonchev–Trinajstić information content (AvgIpc) is 3.08. The second-order valence-electron chi connectivity index (χ2n) is 5.77. The number of H-pyrrole nitrogens is 1. The van der Waals surface area contributed by atoms with Gasteiger partial charge in [0.2, 0.25) is 10.0 Å². The Morgan fingerprint density at radius 1 is 1.36 bits per heavy atom. The minimum atomic E-state index is -3.11. The molecule has 0 aromatic carbocycles. The SMILES string of the molecule is Cc1cc(-c2nccnc2C[C@@H]2CCN(S(C)(=O)=O)C2)n[nH]1. The lowest BCUT2D eigenvalue weighted by molar-refractivity contribution is 0.459. The molecule has 0 bridgehead atoms. The Labute approximate surface area is 129 Å². The van der Waals surface area contributed by atoms with Gasteiger partial charge in [-0.1, -0.05) is 0 Å². The molecule has 7 nitrogen and oxygen atoms in total. The second-order valence-corrected chi connectivity index (χ2v) is 7.75. The van der Waals surface area contributed by atoms with Crippen molar-refractivity contribution >= 4 is 10.0 Å². The largest absolute Gasteiger partial charge is 0.282 e. The van der Waals surface area contributed by atoms with E-state index in [0.29, 0.717) is 19.5 Å². The molecule has 0 unspecified atom stereocenters. The predicted octanol–water partition coefficient (Wildman–Crippen LogP) is 0.999. The Kier molecular flexibility index (Phi) is 3.96. The molecular weight excluding hydrogens is 302 g/mol. The zero-order chi connectivity index (χ0) is 15.7. The van der Waals surface area contributed by atoms with Crippen LogP contribution in [0.2, 0.25) is 0 Å². The summed E-state index contributed by atoms with van der Waals surface area (Å²) in [6.45, 7) is 3.07. The lowest BCUT2D eigenvalue weighted by Gasteiger charge is -2.13. The molecule has 1 fully saturated rings. The Morgan fingerprint density at radius 3 is 2.77 bits per heavy atom. The van der Waals surface area contributed by atoms with Crippen LogP contribution in [0.4, 0.5) is 0 Å². The third-order valence-electron chi connectivity index (χ3n) is 3.92. The van der Waals surface area contributed by atoms with Crippen molar-refractivity contribution in [2.45, 2.75) is 19.8 Å². The number of aryl methyl sites for hydroxylation is 1. The third-order valence-corrected chi connectivity index (χ3v) is 5.19. The highest BCUT2D eigenvalue weighted by molar-refractivity contribution is 7.88. The highest BCUT2D eigenvalue weighted by Gasteiger charge is 2.29. The second kappa shape index (κ2) is 5.77. The highest BCUT2D eigenvalue weighted by Crippen LogP contribution is 2.26. The molecule has 0 aliphatic carbocycles. The molecule has 8 heteroatoms. The first-order valence-corrected chi connectivity index (χ1v) is 9.05. The van der Waals surface area contributed by atoms with Crippen LogP contribution in [-0.4, -0.2) is 52.2 Å². The van der Waals surface area contributed by atoms with E-state index in [1.807, 2.05) is 13.0 Å². The van der Waals surface area contributed by atoms with E-state index >= 15 is 0 Å². The zero-order valence-corrected chi connectivity index (χ0v) is 13.5. The Balaban J connectivity index is 1.80. The van der Waals surface area contributed by atoms with Crippen molar-refractivity contribution in [2.24, 2.45) is 5.92 Å². The number of nitrogens with one attached hydrogen (secondary N) is 1. The van der Waals surface area contributed by atoms with Gasteiger partial charge in [-0.3, -0.25) is 15.1 Å². The molecule has 1 atom stereocenters. The fourth-order valence-electron chi connectivity index (χ4n) is 2.81. The highest BCUT2D eigenvalue weighted by atomic mass is 32.2. The average molecular weight is 321 g/mol. The fourth-order valence-corrected chi connectivity index (χ4v) is 3.73. The van der Waals surface area contributed by atoms with Gasteiger partial charge in [0, 0.05) is 31.2 Å². The summed E-state index contributed by atoms with van der Waals surface area (Å²) in [6.07, 6.45) is 6.14. The maximum atomic E-state index is 11.6. The van der Waals surface area contributed by atoms with Crippen molar-refractivity contribution < 1.29 is 8.42 Å². The summed E-state index contributed by atoms with van der Waals surface area (Å²) >= 11 is 0. The summed E-state index contributed by atoms with van der Waals surface area (Å²) in [5.41, 5.74) is 3.38. The summed E-state index contributed by atoms with van der Waals surface area (Å²) in [5.74, 6) is 0.269. The van der Waals surface area contributed by atoms with E-state index in [1.54, 1.807) is 12.4 Å². The number of rotatable bonds is 4. The summed E-state index contributed by atoms with van der Waals surface area (Å²) in [4.78, 5) is 8.83. The van der Waals surface area contributed by atoms with Gasteiger partial charge in [-0.15, -0.1) is 0 Å². The van der Waals surface area contributed by atoms with Crippen LogP contribution in [0.5, 0.6) is 0 Å². The van der Waals surface area contributed by atoms with Gasteiger partial charge in [-0.05, 0) is 31.7 Å². The Morgan fingerprint density at radius 2 is 2.14 bits per heavy atom. The molecule has 118 valence electrons. The van der Waals surface area contributed by atoms with Gasteiger partial charge >= 0.3 is 0 Å². The molecule has 2 aromatic heterocycles. The maximum Gasteiger partial charge on any atom is 0.211 e. The molecule has 1 saturated heterocycles. The Bertz CT molecular complexity index is 771. The van der Waals surface area contributed by atoms with E-state index in [0.717, 1.165) is 29.2 Å². The smallest absolute Gasteiger partial charge is 0.211 e. The van der Waals surface area contributed by atoms with Gasteiger partial charge in [-0.2, -0.15) is 5.10 Å². The summed E-state index contributed by atoms with van der Waals surface area (Å²) in [6, 6.07) is 1.94. The van der Waals surface area contributed by atoms with Crippen molar-refractivity contribution in [3.63, 3.8) is 0 Å². The van der Waals surface area contributed by atoms with Crippen molar-refractivity contribution in [1.29, 1.82) is 0 Å². The number of aromatic nitrogens is 4. The quantitative estimate of drug-likeness (QED) is 0.907. The normalized spacial score (nSPS) is 19.6. The van der Waals surface area contributed by atoms with Crippen LogP contribution in [0.15, 0.2) is 18.5 Å². The Hall–Kier alpha value is -1.80. The van der Waals surface area contributed by atoms with E-state index in [1.165, 1.54) is 10.6 Å². The van der Waals surface area contributed by atoms with Gasteiger partial charge in [0.05, 0.1) is 11.9 Å². The van der Waals surface area contributed by atoms with E-state index in [9.17, 15) is 8.42 Å². The van der Waals surface area contributed by atoms with Gasteiger partial charge in [0.15, 0.2) is 0 Å². The maximum absolute atomic E-state index is 11.6. The van der Waals surface area contributed by atoms with Crippen molar-refractivity contribution in [3.8, 4) is 11.4 Å². The van der Waals surface area contributed by atoms with Crippen LogP contribution in [0.3, 0.4) is 0 Å². The third kappa shape index (κ3) is 3.17. The van der Waals surface area contributed by atoms with Crippen LogP contribution in [0.25, 0.3) is 11.4 Å². The molecule has 0 radical (unpaired) electrons. The molecular formula is C14H19N5O2S. The molecule has 1 N–H and O–H groups in total. The molecule has 1 aliphatic rings. The number of aromatic amines is 1. The molecule has 0 saturated carbocycles. The van der Waals surface area contributed by atoms with E-state index < -0.39 is 10.0 Å². The molecule has 0 spiro atoms. The summed E-state index contributed by atoms with van der Waals surface area (Å²) < 4.78 is 24.7. The monoisotopic (exact) mass is 321 g/mol. The number of sulfonamides is 1. The van der Waals surface area contributed by atoms with Gasteiger partial charge in [0.25, 0.3) is 0 Å². The first-order valence-electron chi connectivity index (χ1n) is 7.21. The van der Waals surface area contributed by atoms with Crippen molar-refractivity contribution in [3.05, 3.63) is 29.8 Å². The van der Waals surface area contributed by atoms with Gasteiger partial charge < -0.3 is 0 Å². The van der Waals surface area contributed by atoms with Crippen LogP contribution in [0, 0.1) is 12.8 Å². The summed E-state index contributed by atoms with van der Waals surface area (Å²) in [7, 11) is -3.11. The topological polar surface area (TPSA) is 91.8 Å². The zero-order valence-electron chi connectivity index (χ0n) is 12.7. The molecule has 0 amide bonds.